The quantitative estimate of drug-likeness (QED) is 0.344. The Hall–Kier alpha value is -3.60. The van der Waals surface area contributed by atoms with Crippen molar-refractivity contribution in [1.82, 2.24) is 15.5 Å². The number of hydrogen-bond acceptors (Lipinski definition) is 7. The van der Waals surface area contributed by atoms with Gasteiger partial charge in [-0.2, -0.15) is 0 Å². The smallest absolute Gasteiger partial charge is 0.269 e. The molecule has 0 bridgehead atoms. The van der Waals surface area contributed by atoms with Crippen LogP contribution in [0, 0.1) is 0 Å². The van der Waals surface area contributed by atoms with Crippen LogP contribution in [0.3, 0.4) is 0 Å². The third-order valence-electron chi connectivity index (χ3n) is 4.15. The van der Waals surface area contributed by atoms with Gasteiger partial charge in [0.2, 0.25) is 12.7 Å². The minimum Gasteiger partial charge on any atom is -0.506 e. The molecule has 1 aromatic carbocycles. The first-order valence-corrected chi connectivity index (χ1v) is 10.4. The van der Waals surface area contributed by atoms with Gasteiger partial charge in [0.05, 0.1) is 5.70 Å². The number of hydrogen-bond donors (Lipinski definition) is 3. The van der Waals surface area contributed by atoms with Crippen LogP contribution in [-0.2, 0) is 22.5 Å². The highest BCUT2D eigenvalue weighted by atomic mass is 32.2. The maximum absolute atomic E-state index is 11.9. The summed E-state index contributed by atoms with van der Waals surface area (Å²) in [5.74, 6) is 1.08. The molecule has 2 heterocycles. The number of rotatable bonds is 6. The molecule has 0 radical (unpaired) electrons. The van der Waals surface area contributed by atoms with Crippen LogP contribution in [0.5, 0.6) is 11.5 Å². The number of fused-ring (bicyclic) bond motifs is 1. The zero-order valence-electron chi connectivity index (χ0n) is 17.3. The third-order valence-corrected chi connectivity index (χ3v) is 4.82. The summed E-state index contributed by atoms with van der Waals surface area (Å²) in [6.45, 7) is 2.36. The van der Waals surface area contributed by atoms with Gasteiger partial charge in [0.25, 0.3) is 11.2 Å². The van der Waals surface area contributed by atoms with Gasteiger partial charge in [-0.15, -0.1) is 8.80 Å². The summed E-state index contributed by atoms with van der Waals surface area (Å²) in [6.07, 6.45) is 6.07. The Labute approximate surface area is 182 Å². The first-order valence-electron chi connectivity index (χ1n) is 9.32. The van der Waals surface area contributed by atoms with Crippen LogP contribution in [-0.4, -0.2) is 52.7 Å². The SMILES string of the molecule is C\C=C/C=C(NC1=NS(=O)N=C1NCc1ccc2c(c1)OCO2)\C(O)=C\C(=O)N(C)C. The maximum Gasteiger partial charge on any atom is 0.269 e. The van der Waals surface area contributed by atoms with E-state index in [1.165, 1.54) is 4.90 Å². The van der Waals surface area contributed by atoms with Crippen molar-refractivity contribution in [3.8, 4) is 11.5 Å². The van der Waals surface area contributed by atoms with Crippen molar-refractivity contribution < 1.29 is 23.6 Å². The molecule has 1 aromatic rings. The van der Waals surface area contributed by atoms with Crippen LogP contribution in [0.1, 0.15) is 12.5 Å². The highest BCUT2D eigenvalue weighted by molar-refractivity contribution is 7.83. The van der Waals surface area contributed by atoms with Crippen molar-refractivity contribution in [2.75, 3.05) is 20.9 Å². The normalized spacial score (nSPS) is 18.1. The third kappa shape index (κ3) is 5.72. The number of allylic oxidation sites excluding steroid dienone is 3. The average molecular weight is 446 g/mol. The lowest BCUT2D eigenvalue weighted by atomic mass is 10.2. The number of carbonyl (C=O) groups excluding carboxylic acids is 1. The Morgan fingerprint density at radius 2 is 2.00 bits per heavy atom. The van der Waals surface area contributed by atoms with Crippen molar-refractivity contribution in [2.24, 2.45) is 8.80 Å². The van der Waals surface area contributed by atoms with Gasteiger partial charge >= 0.3 is 0 Å². The largest absolute Gasteiger partial charge is 0.506 e. The lowest BCUT2D eigenvalue weighted by Gasteiger charge is -2.13. The van der Waals surface area contributed by atoms with Gasteiger partial charge in [-0.1, -0.05) is 18.2 Å². The molecular weight excluding hydrogens is 422 g/mol. The number of aliphatic hydroxyl groups is 1. The Morgan fingerprint density at radius 3 is 2.74 bits per heavy atom. The standard InChI is InChI=1S/C20H23N5O5S/c1-4-5-6-14(15(26)10-18(27)25(2)3)22-20-19(23-31(28)24-20)21-11-13-7-8-16-17(9-13)30-12-29-16/h4-10,26H,11-12H2,1-3H3,(H,21,23)(H,22,24)/b5-4-,14-6+,15-10-. The van der Waals surface area contributed by atoms with Crippen molar-refractivity contribution in [3.63, 3.8) is 0 Å². The van der Waals surface area contributed by atoms with E-state index in [0.29, 0.717) is 18.0 Å². The van der Waals surface area contributed by atoms with E-state index < -0.39 is 17.1 Å². The Morgan fingerprint density at radius 1 is 1.26 bits per heavy atom. The van der Waals surface area contributed by atoms with Crippen molar-refractivity contribution in [2.45, 2.75) is 13.5 Å². The molecule has 0 aliphatic carbocycles. The number of amidine groups is 2. The fraction of sp³-hybridized carbons (Fsp3) is 0.250. The molecule has 11 heteroatoms. The van der Waals surface area contributed by atoms with E-state index >= 15 is 0 Å². The molecule has 0 saturated carbocycles. The zero-order chi connectivity index (χ0) is 22.4. The Bertz CT molecular complexity index is 1040. The van der Waals surface area contributed by atoms with Gasteiger partial charge in [0.1, 0.15) is 5.76 Å². The molecule has 0 aromatic heterocycles. The Kier molecular flexibility index (Phi) is 7.08. The molecule has 0 spiro atoms. The van der Waals surface area contributed by atoms with Gasteiger partial charge < -0.3 is 30.1 Å². The zero-order valence-corrected chi connectivity index (χ0v) is 18.1. The molecular formula is C20H23N5O5S. The first-order chi connectivity index (χ1) is 14.9. The summed E-state index contributed by atoms with van der Waals surface area (Å²) in [4.78, 5) is 13.2. The van der Waals surface area contributed by atoms with Gasteiger partial charge in [0.15, 0.2) is 23.2 Å². The lowest BCUT2D eigenvalue weighted by molar-refractivity contribution is -0.123. The molecule has 0 saturated heterocycles. The molecule has 164 valence electrons. The van der Waals surface area contributed by atoms with Gasteiger partial charge in [-0.3, -0.25) is 4.79 Å². The highest BCUT2D eigenvalue weighted by Gasteiger charge is 2.21. The summed E-state index contributed by atoms with van der Waals surface area (Å²) in [7, 11) is 3.15. The summed E-state index contributed by atoms with van der Waals surface area (Å²) < 4.78 is 30.5. The van der Waals surface area contributed by atoms with Crippen molar-refractivity contribution in [1.29, 1.82) is 0 Å². The average Bonchev–Trinajstić information content (AvgIpc) is 3.34. The predicted molar refractivity (Wildman–Crippen MR) is 118 cm³/mol. The van der Waals surface area contributed by atoms with Crippen molar-refractivity contribution in [3.05, 3.63) is 59.5 Å². The fourth-order valence-corrected chi connectivity index (χ4v) is 3.17. The van der Waals surface area contributed by atoms with E-state index in [0.717, 1.165) is 11.6 Å². The molecule has 2 aliphatic heterocycles. The summed E-state index contributed by atoms with van der Waals surface area (Å²) in [5, 5.41) is 16.4. The number of aliphatic hydroxyl groups excluding tert-OH is 1. The van der Waals surface area contributed by atoms with E-state index in [1.54, 1.807) is 32.3 Å². The van der Waals surface area contributed by atoms with E-state index in [1.807, 2.05) is 25.1 Å². The van der Waals surface area contributed by atoms with Crippen molar-refractivity contribution >= 4 is 28.8 Å². The minimum atomic E-state index is -1.81. The molecule has 3 rings (SSSR count). The van der Waals surface area contributed by atoms with Crippen LogP contribution in [0.25, 0.3) is 0 Å². The number of likely N-dealkylation sites (N-methyl/N-ethyl adjacent to an activating group) is 1. The molecule has 3 N–H and O–H groups in total. The number of ether oxygens (including phenoxy) is 2. The molecule has 10 nitrogen and oxygen atoms in total. The van der Waals surface area contributed by atoms with E-state index in [-0.39, 0.29) is 29.9 Å². The topological polar surface area (TPSA) is 125 Å². The molecule has 1 amide bonds. The number of benzene rings is 1. The predicted octanol–water partition coefficient (Wildman–Crippen LogP) is 1.47. The lowest BCUT2D eigenvalue weighted by Crippen LogP contribution is -2.38. The second kappa shape index (κ2) is 9.94. The molecule has 2 aliphatic rings. The van der Waals surface area contributed by atoms with Crippen LogP contribution in [0.15, 0.2) is 62.8 Å². The summed E-state index contributed by atoms with van der Waals surface area (Å²) in [5.41, 5.74) is 1.09. The Balaban J connectivity index is 1.73. The number of nitrogens with zero attached hydrogens (tertiary/aromatic N) is 3. The molecule has 31 heavy (non-hydrogen) atoms. The molecule has 1 unspecified atom stereocenters. The summed E-state index contributed by atoms with van der Waals surface area (Å²) >= 11 is -1.81. The monoisotopic (exact) mass is 445 g/mol. The van der Waals surface area contributed by atoms with Gasteiger partial charge in [-0.05, 0) is 30.7 Å². The van der Waals surface area contributed by atoms with E-state index in [9.17, 15) is 14.1 Å². The second-order valence-corrected chi connectivity index (χ2v) is 7.47. The van der Waals surface area contributed by atoms with Gasteiger partial charge in [0, 0.05) is 26.7 Å². The molecule has 0 fully saturated rings. The fourth-order valence-electron chi connectivity index (χ4n) is 2.53. The van der Waals surface area contributed by atoms with E-state index in [2.05, 4.69) is 19.4 Å². The number of amides is 1. The maximum atomic E-state index is 11.9. The first kappa shape index (κ1) is 22.1. The van der Waals surface area contributed by atoms with Crippen LogP contribution in [0.4, 0.5) is 0 Å². The minimum absolute atomic E-state index is 0.173. The van der Waals surface area contributed by atoms with Crippen LogP contribution < -0.4 is 20.1 Å². The summed E-state index contributed by atoms with van der Waals surface area (Å²) in [6, 6.07) is 5.52. The van der Waals surface area contributed by atoms with Gasteiger partial charge in [-0.25, -0.2) is 4.21 Å². The number of carbonyl (C=O) groups is 1. The molecule has 1 atom stereocenters. The van der Waals surface area contributed by atoms with Crippen LogP contribution >= 0.6 is 0 Å². The van der Waals surface area contributed by atoms with Crippen LogP contribution in [0.2, 0.25) is 0 Å². The second-order valence-electron chi connectivity index (χ2n) is 6.65. The van der Waals surface area contributed by atoms with E-state index in [4.69, 9.17) is 9.47 Å². The number of nitrogens with one attached hydrogen (secondary N) is 2. The highest BCUT2D eigenvalue weighted by Crippen LogP contribution is 2.32.